The predicted molar refractivity (Wildman–Crippen MR) is 131 cm³/mol. The van der Waals surface area contributed by atoms with Crippen LogP contribution in [-0.4, -0.2) is 30.3 Å². The molecule has 2 fully saturated rings. The van der Waals surface area contributed by atoms with Crippen molar-refractivity contribution in [1.82, 2.24) is 0 Å². The number of hydrogen-bond donors (Lipinski definition) is 1. The molecule has 0 spiro atoms. The van der Waals surface area contributed by atoms with Crippen LogP contribution in [0, 0.1) is 31.6 Å². The normalized spacial score (nSPS) is 21.9. The third-order valence-electron chi connectivity index (χ3n) is 6.60. The third-order valence-corrected chi connectivity index (χ3v) is 7.85. The first kappa shape index (κ1) is 24.1. The first-order valence-corrected chi connectivity index (χ1v) is 12.2. The summed E-state index contributed by atoms with van der Waals surface area (Å²) in [7, 11) is 0. The quantitative estimate of drug-likeness (QED) is 0.446. The number of carbonyl (C=O) groups is 4. The van der Waals surface area contributed by atoms with Gasteiger partial charge in [0.15, 0.2) is 6.61 Å². The number of anilines is 2. The Morgan fingerprint density at radius 3 is 2.29 bits per heavy atom. The number of fused-ring (bicyclic) bond motifs is 1. The highest BCUT2D eigenvalue weighted by atomic mass is 79.9. The van der Waals surface area contributed by atoms with Gasteiger partial charge in [0.25, 0.3) is 5.91 Å². The van der Waals surface area contributed by atoms with Crippen LogP contribution in [0.4, 0.5) is 11.4 Å². The van der Waals surface area contributed by atoms with E-state index in [9.17, 15) is 19.2 Å². The van der Waals surface area contributed by atoms with E-state index < -0.39 is 18.5 Å². The summed E-state index contributed by atoms with van der Waals surface area (Å²) in [6, 6.07) is 9.80. The van der Waals surface area contributed by atoms with Crippen molar-refractivity contribution in [3.05, 3.63) is 57.6 Å². The van der Waals surface area contributed by atoms with Gasteiger partial charge in [0.2, 0.25) is 11.8 Å². The Morgan fingerprint density at radius 1 is 1.03 bits per heavy atom. The van der Waals surface area contributed by atoms with E-state index >= 15 is 0 Å². The number of esters is 1. The summed E-state index contributed by atoms with van der Waals surface area (Å²) >= 11 is 3.48. The highest BCUT2D eigenvalue weighted by Crippen LogP contribution is 2.42. The number of hydrogen-bond acceptors (Lipinski definition) is 5. The lowest BCUT2D eigenvalue weighted by atomic mass is 9.76. The Bertz CT molecular complexity index is 1140. The zero-order chi connectivity index (χ0) is 24.6. The fraction of sp³-hybridized carbons (Fsp3) is 0.385. The number of halogens is 1. The van der Waals surface area contributed by atoms with Crippen LogP contribution in [0.25, 0.3) is 0 Å². The average molecular weight is 527 g/mol. The van der Waals surface area contributed by atoms with Crippen molar-refractivity contribution in [3.63, 3.8) is 0 Å². The minimum absolute atomic E-state index is 0.160. The topological polar surface area (TPSA) is 92.8 Å². The molecule has 0 unspecified atom stereocenters. The molecule has 3 atom stereocenters. The van der Waals surface area contributed by atoms with Crippen LogP contribution in [0.15, 0.2) is 40.9 Å². The van der Waals surface area contributed by atoms with Gasteiger partial charge in [-0.05, 0) is 86.6 Å². The number of aryl methyl sites for hydroxylation is 2. The van der Waals surface area contributed by atoms with Gasteiger partial charge < -0.3 is 10.1 Å². The van der Waals surface area contributed by atoms with E-state index in [0.29, 0.717) is 17.3 Å². The summed E-state index contributed by atoms with van der Waals surface area (Å²) in [5, 5.41) is 2.72. The van der Waals surface area contributed by atoms with Crippen molar-refractivity contribution in [2.24, 2.45) is 17.8 Å². The van der Waals surface area contributed by atoms with Crippen LogP contribution in [-0.2, 0) is 19.1 Å². The molecular weight excluding hydrogens is 500 g/mol. The van der Waals surface area contributed by atoms with Crippen LogP contribution in [0.5, 0.6) is 0 Å². The zero-order valence-electron chi connectivity index (χ0n) is 19.4. The lowest BCUT2D eigenvalue weighted by molar-refractivity contribution is -0.122. The second-order valence-electron chi connectivity index (χ2n) is 9.24. The Kier molecular flexibility index (Phi) is 6.89. The van der Waals surface area contributed by atoms with E-state index in [4.69, 9.17) is 4.74 Å². The molecule has 2 aromatic carbocycles. The van der Waals surface area contributed by atoms with Crippen LogP contribution in [0.1, 0.15) is 47.7 Å². The van der Waals surface area contributed by atoms with Crippen molar-refractivity contribution < 1.29 is 23.9 Å². The molecule has 3 amide bonds. The largest absolute Gasteiger partial charge is 0.452 e. The van der Waals surface area contributed by atoms with E-state index in [-0.39, 0.29) is 29.2 Å². The van der Waals surface area contributed by atoms with E-state index in [1.807, 2.05) is 26.0 Å². The van der Waals surface area contributed by atoms with Gasteiger partial charge >= 0.3 is 5.97 Å². The Hall–Kier alpha value is -3.00. The van der Waals surface area contributed by atoms with Gasteiger partial charge in [0.1, 0.15) is 0 Å². The van der Waals surface area contributed by atoms with Crippen molar-refractivity contribution in [2.75, 3.05) is 16.8 Å². The zero-order valence-corrected chi connectivity index (χ0v) is 21.0. The van der Waals surface area contributed by atoms with Crippen LogP contribution < -0.4 is 10.2 Å². The summed E-state index contributed by atoms with van der Waals surface area (Å²) in [4.78, 5) is 51.6. The monoisotopic (exact) mass is 526 g/mol. The highest BCUT2D eigenvalue weighted by molar-refractivity contribution is 9.10. The molecular formula is C26H27BrN2O5. The maximum absolute atomic E-state index is 12.9. The molecule has 1 saturated heterocycles. The standard InChI is InChI=1S/C26H27BrN2O5/c1-14-4-9-20-21(10-14)25(32)29(24(20)31)19-7-5-17(6-8-19)26(33)34-13-22(30)28-18-11-15(2)23(27)16(3)12-18/h5-8,11-12,14,20-21H,4,9-10,13H2,1-3H3,(H,28,30)/t14-,20-,21+/m1/s1. The predicted octanol–water partition coefficient (Wildman–Crippen LogP) is 4.79. The van der Waals surface area contributed by atoms with Crippen molar-refractivity contribution in [1.29, 1.82) is 0 Å². The summed E-state index contributed by atoms with van der Waals surface area (Å²) < 4.78 is 6.11. The van der Waals surface area contributed by atoms with E-state index in [2.05, 4.69) is 28.2 Å². The Balaban J connectivity index is 1.36. The molecule has 1 heterocycles. The number of nitrogens with one attached hydrogen (secondary N) is 1. The van der Waals surface area contributed by atoms with Crippen LogP contribution in [0.3, 0.4) is 0 Å². The fourth-order valence-electron chi connectivity index (χ4n) is 4.82. The number of benzene rings is 2. The minimum atomic E-state index is -0.661. The maximum atomic E-state index is 12.9. The molecule has 1 saturated carbocycles. The lowest BCUT2D eigenvalue weighted by Gasteiger charge is -2.25. The van der Waals surface area contributed by atoms with Crippen LogP contribution >= 0.6 is 15.9 Å². The van der Waals surface area contributed by atoms with Gasteiger partial charge in [-0.15, -0.1) is 0 Å². The lowest BCUT2D eigenvalue weighted by Crippen LogP contribution is -2.30. The summed E-state index contributed by atoms with van der Waals surface area (Å²) in [5.74, 6) is -1.49. The molecule has 0 radical (unpaired) electrons. The van der Waals surface area contributed by atoms with E-state index in [0.717, 1.165) is 34.9 Å². The van der Waals surface area contributed by atoms with E-state index in [1.54, 1.807) is 12.1 Å². The number of imide groups is 1. The van der Waals surface area contributed by atoms with Crippen LogP contribution in [0.2, 0.25) is 0 Å². The summed E-state index contributed by atoms with van der Waals surface area (Å²) in [6.45, 7) is 5.53. The maximum Gasteiger partial charge on any atom is 0.338 e. The molecule has 0 bridgehead atoms. The molecule has 1 aliphatic carbocycles. The SMILES string of the molecule is Cc1cc(NC(=O)COC(=O)c2ccc(N3C(=O)[C@H]4C[C@H](C)CC[C@H]4C3=O)cc2)cc(C)c1Br. The Labute approximate surface area is 207 Å². The number of ether oxygens (including phenoxy) is 1. The molecule has 34 heavy (non-hydrogen) atoms. The molecule has 1 N–H and O–H groups in total. The molecule has 4 rings (SSSR count). The van der Waals surface area contributed by atoms with Gasteiger partial charge in [-0.1, -0.05) is 22.9 Å². The molecule has 178 valence electrons. The van der Waals surface area contributed by atoms with Gasteiger partial charge in [-0.3, -0.25) is 19.3 Å². The molecule has 1 aliphatic heterocycles. The number of carbonyl (C=O) groups excluding carboxylic acids is 4. The first-order chi connectivity index (χ1) is 16.2. The number of amides is 3. The molecule has 7 nitrogen and oxygen atoms in total. The Morgan fingerprint density at radius 2 is 1.65 bits per heavy atom. The second-order valence-corrected chi connectivity index (χ2v) is 10.0. The average Bonchev–Trinajstić information content (AvgIpc) is 3.05. The smallest absolute Gasteiger partial charge is 0.338 e. The molecule has 2 aliphatic rings. The van der Waals surface area contributed by atoms with E-state index in [1.165, 1.54) is 17.0 Å². The fourth-order valence-corrected chi connectivity index (χ4v) is 5.05. The number of rotatable bonds is 5. The van der Waals surface area contributed by atoms with Gasteiger partial charge in [-0.25, -0.2) is 4.79 Å². The van der Waals surface area contributed by atoms with Gasteiger partial charge in [0.05, 0.1) is 23.1 Å². The first-order valence-electron chi connectivity index (χ1n) is 11.4. The van der Waals surface area contributed by atoms with Crippen molar-refractivity contribution >= 4 is 51.0 Å². The number of nitrogens with zero attached hydrogens (tertiary/aromatic N) is 1. The minimum Gasteiger partial charge on any atom is -0.452 e. The van der Waals surface area contributed by atoms with Crippen molar-refractivity contribution in [2.45, 2.75) is 40.0 Å². The molecule has 2 aromatic rings. The van der Waals surface area contributed by atoms with Crippen molar-refractivity contribution in [3.8, 4) is 0 Å². The highest BCUT2D eigenvalue weighted by Gasteiger charge is 2.49. The van der Waals surface area contributed by atoms with Gasteiger partial charge in [-0.2, -0.15) is 0 Å². The van der Waals surface area contributed by atoms with Gasteiger partial charge in [0, 0.05) is 10.2 Å². The second kappa shape index (κ2) is 9.70. The molecule has 8 heteroatoms. The third kappa shape index (κ3) is 4.78. The summed E-state index contributed by atoms with van der Waals surface area (Å²) in [6.07, 6.45) is 2.42. The molecule has 0 aromatic heterocycles. The summed E-state index contributed by atoms with van der Waals surface area (Å²) in [5.41, 5.74) is 3.27.